The minimum Gasteiger partial charge on any atom is -0.367 e. The summed E-state index contributed by atoms with van der Waals surface area (Å²) in [5, 5.41) is 15.2. The highest BCUT2D eigenvalue weighted by molar-refractivity contribution is 7.88. The van der Waals surface area contributed by atoms with Crippen LogP contribution < -0.4 is 20.0 Å². The summed E-state index contributed by atoms with van der Waals surface area (Å²) in [4.78, 5) is 40.1. The van der Waals surface area contributed by atoms with Crippen LogP contribution in [0.15, 0.2) is 131 Å². The van der Waals surface area contributed by atoms with Crippen LogP contribution >= 0.6 is 0 Å². The number of aromatic amines is 4. The number of H-pyrrole nitrogens is 4. The molecule has 12 heterocycles. The summed E-state index contributed by atoms with van der Waals surface area (Å²) < 4.78 is 125. The van der Waals surface area contributed by atoms with E-state index < -0.39 is 30.1 Å². The Balaban J connectivity index is 0.000000117. The normalized spacial score (nSPS) is 19.9. The third kappa shape index (κ3) is 17.3. The number of para-hydroxylation sites is 1. The molecule has 5 saturated heterocycles. The van der Waals surface area contributed by atoms with E-state index in [1.54, 1.807) is 33.7 Å². The molecule has 17 rings (SSSR count). The van der Waals surface area contributed by atoms with Crippen LogP contribution in [-0.2, 0) is 34.9 Å². The lowest BCUT2D eigenvalue weighted by molar-refractivity contribution is -0.118. The first-order valence-corrected chi connectivity index (χ1v) is 41.7. The van der Waals surface area contributed by atoms with E-state index in [2.05, 4.69) is 78.4 Å². The second kappa shape index (κ2) is 31.8. The zero-order chi connectivity index (χ0) is 74.8. The van der Waals surface area contributed by atoms with Crippen LogP contribution in [0.4, 0.5) is 36.5 Å². The summed E-state index contributed by atoms with van der Waals surface area (Å²) in [5.74, 6) is 2.66. The maximum atomic E-state index is 13.3. The Morgan fingerprint density at radius 3 is 1.52 bits per heavy atom. The van der Waals surface area contributed by atoms with Crippen LogP contribution in [0.2, 0.25) is 0 Å². The van der Waals surface area contributed by atoms with Gasteiger partial charge in [-0.2, -0.15) is 14.3 Å². The van der Waals surface area contributed by atoms with Crippen molar-refractivity contribution < 1.29 is 52.3 Å². The number of nitrogens with one attached hydrogen (secondary N) is 5. The van der Waals surface area contributed by atoms with Crippen molar-refractivity contribution in [3.05, 3.63) is 179 Å². The Kier molecular flexibility index (Phi) is 22.5. The van der Waals surface area contributed by atoms with Gasteiger partial charge in [-0.1, -0.05) is 41.1 Å². The lowest BCUT2D eigenvalue weighted by atomic mass is 9.81. The molecule has 11 aromatic rings. The Bertz CT molecular complexity index is 5130. The number of carbonyl (C=O) groups is 1. The molecular weight excluding hydrogens is 1420 g/mol. The van der Waals surface area contributed by atoms with Crippen molar-refractivity contribution >= 4 is 103 Å². The number of amides is 1. The molecule has 5 fully saturated rings. The van der Waals surface area contributed by atoms with Crippen LogP contribution in [0.3, 0.4) is 0 Å². The molecule has 6 aromatic heterocycles. The van der Waals surface area contributed by atoms with Crippen molar-refractivity contribution in [2.45, 2.75) is 115 Å². The highest BCUT2D eigenvalue weighted by Gasteiger charge is 2.40. The van der Waals surface area contributed by atoms with Crippen molar-refractivity contribution in [2.24, 2.45) is 5.92 Å². The number of anilines is 4. The monoisotopic (exact) mass is 1510 g/mol. The molecule has 0 saturated carbocycles. The van der Waals surface area contributed by atoms with E-state index in [1.807, 2.05) is 82.0 Å². The number of piperidine rings is 3. The van der Waals surface area contributed by atoms with E-state index in [4.69, 9.17) is 9.05 Å². The molecule has 3 unspecified atom stereocenters. The summed E-state index contributed by atoms with van der Waals surface area (Å²) in [6, 6.07) is 29.4. The maximum Gasteiger partial charge on any atom is 0.324 e. The van der Waals surface area contributed by atoms with E-state index in [0.717, 1.165) is 158 Å². The van der Waals surface area contributed by atoms with Gasteiger partial charge in [0, 0.05) is 159 Å². The molecule has 0 spiro atoms. The number of hydrogen-bond acceptors (Lipinski definition) is 16. The summed E-state index contributed by atoms with van der Waals surface area (Å²) in [6.07, 6.45) is 19.9. The first-order chi connectivity index (χ1) is 50.7. The van der Waals surface area contributed by atoms with Crippen molar-refractivity contribution in [3.8, 4) is 0 Å². The van der Waals surface area contributed by atoms with Gasteiger partial charge in [0.2, 0.25) is 41.9 Å². The van der Waals surface area contributed by atoms with Gasteiger partial charge in [-0.25, -0.2) is 47.0 Å². The lowest BCUT2D eigenvalue weighted by Gasteiger charge is -2.39. The molecule has 3 atom stereocenters. The molecule has 106 heavy (non-hydrogen) atoms. The number of benzene rings is 5. The highest BCUT2D eigenvalue weighted by atomic mass is 32.2. The summed E-state index contributed by atoms with van der Waals surface area (Å²) in [7, 11) is -9.35. The SMILES string of the molecule is CC1CN(c2c[nH]c3ccccc23)CCN1S(C)(=O)=O.CS(=O)(=O)N1CCCC(c2c[nH]c3cc(F)ccc23)CC1.Cc1ccc2c(c1)C(C1CCN(S(C)(=O)=O)CC1)C(=O)N2.Cc1nc(N2CCC(c3c[nH]c4cc(F)ccc34)CC2)no1.Cc1noc(N2CCC(c3c[nH]c4cc(F)ccc34)CC2)n1. The number of carbonyl (C=O) groups excluding carboxylic acids is 1. The van der Waals surface area contributed by atoms with Gasteiger partial charge >= 0.3 is 6.01 Å². The third-order valence-corrected chi connectivity index (χ3v) is 25.5. The summed E-state index contributed by atoms with van der Waals surface area (Å²) >= 11 is 0. The number of piperazine rings is 1. The maximum absolute atomic E-state index is 13.3. The van der Waals surface area contributed by atoms with Crippen LogP contribution in [0, 0.1) is 44.1 Å². The van der Waals surface area contributed by atoms with E-state index in [-0.39, 0.29) is 41.2 Å². The fourth-order valence-electron chi connectivity index (χ4n) is 16.1. The molecule has 30 heteroatoms. The minimum atomic E-state index is -3.12. The number of nitrogens with zero attached hydrogens (tertiary/aromatic N) is 10. The summed E-state index contributed by atoms with van der Waals surface area (Å²) in [5.41, 5.74) is 11.6. The molecule has 6 aliphatic heterocycles. The van der Waals surface area contributed by atoms with Crippen molar-refractivity contribution in [2.75, 3.05) is 111 Å². The predicted molar refractivity (Wildman–Crippen MR) is 407 cm³/mol. The predicted octanol–water partition coefficient (Wildman–Crippen LogP) is 12.9. The van der Waals surface area contributed by atoms with Gasteiger partial charge in [-0.05, 0) is 196 Å². The number of sulfonamides is 3. The van der Waals surface area contributed by atoms with Gasteiger partial charge in [-0.15, -0.1) is 0 Å². The first kappa shape index (κ1) is 75.2. The molecule has 6 aliphatic rings. The molecule has 564 valence electrons. The molecule has 5 N–H and O–H groups in total. The number of halogens is 3. The highest BCUT2D eigenvalue weighted by Crippen LogP contribution is 2.43. The molecular formula is C76H92F3N15O9S3. The Hall–Kier alpha value is -9.07. The van der Waals surface area contributed by atoms with Crippen molar-refractivity contribution in [1.29, 1.82) is 0 Å². The molecule has 1 amide bonds. The quantitative estimate of drug-likeness (QED) is 0.0850. The standard InChI is InChI=1S/2C16H17FN4O.C15H19FN2O2S.C15H20N2O3S.C14H19N3O2S/c1-10-19-16(20-22-10)21-6-4-11(5-7-21)14-9-18-15-8-12(17)2-3-13(14)15;1-10-19-16(22-20-10)21-6-4-11(5-7-21)14-9-18-15-8-12(17)2-3-13(14)15;1-21(19,20)18-7-2-3-11(6-8-18)14-10-17-15-9-12(16)4-5-13(14)15;1-10-3-4-13-12(9-10)14(15(18)16-13)11-5-7-17(8-6-11)21(2,19)20;1-11-10-16(7-8-17(11)20(2,18)19)14-9-15-13-6-4-3-5-12(13)14/h2*2-3,8-9,11,18H,4-7H2,1H3;4-5,9-11,17H,2-3,6-8H2,1H3;3-4,9,11,14H,5-8H2,1-2H3,(H,16,18);3-6,9,11,15H,7-8,10H2,1-2H3. The van der Waals surface area contributed by atoms with Crippen LogP contribution in [-0.4, -0.2) is 181 Å². The van der Waals surface area contributed by atoms with Crippen LogP contribution in [0.5, 0.6) is 0 Å². The average molecular weight is 1510 g/mol. The second-order valence-electron chi connectivity index (χ2n) is 28.8. The first-order valence-electron chi connectivity index (χ1n) is 36.2. The van der Waals surface area contributed by atoms with E-state index in [0.29, 0.717) is 74.2 Å². The van der Waals surface area contributed by atoms with Crippen molar-refractivity contribution in [1.82, 2.24) is 53.1 Å². The van der Waals surface area contributed by atoms with E-state index >= 15 is 0 Å². The zero-order valence-corrected chi connectivity index (χ0v) is 63.1. The Morgan fingerprint density at radius 1 is 0.481 bits per heavy atom. The molecule has 0 radical (unpaired) electrons. The average Bonchev–Trinajstić information content (AvgIpc) is 1.66. The number of fused-ring (bicyclic) bond motifs is 5. The third-order valence-electron chi connectivity index (χ3n) is 21.5. The largest absolute Gasteiger partial charge is 0.367 e. The molecule has 0 bridgehead atoms. The van der Waals surface area contributed by atoms with Crippen molar-refractivity contribution in [3.63, 3.8) is 0 Å². The number of aryl methyl sites for hydroxylation is 3. The summed E-state index contributed by atoms with van der Waals surface area (Å²) in [6.45, 7) is 15.3. The number of rotatable bonds is 10. The molecule has 5 aromatic carbocycles. The smallest absolute Gasteiger partial charge is 0.324 e. The van der Waals surface area contributed by atoms with E-state index in [1.165, 1.54) is 69.4 Å². The van der Waals surface area contributed by atoms with Crippen LogP contribution in [0.1, 0.15) is 128 Å². The lowest BCUT2D eigenvalue weighted by Crippen LogP contribution is -2.53. The van der Waals surface area contributed by atoms with Gasteiger partial charge < -0.3 is 49.0 Å². The Labute approximate surface area is 615 Å². The molecule has 0 aliphatic carbocycles. The Morgan fingerprint density at radius 2 is 1.00 bits per heavy atom. The zero-order valence-electron chi connectivity index (χ0n) is 60.7. The second-order valence-corrected chi connectivity index (χ2v) is 34.7. The fourth-order valence-corrected chi connectivity index (χ4v) is 19.0. The van der Waals surface area contributed by atoms with Gasteiger partial charge in [0.1, 0.15) is 17.5 Å². The number of hydrogen-bond donors (Lipinski definition) is 5. The van der Waals surface area contributed by atoms with Gasteiger partial charge in [0.15, 0.2) is 5.82 Å². The van der Waals surface area contributed by atoms with Gasteiger partial charge in [0.25, 0.3) is 5.95 Å². The van der Waals surface area contributed by atoms with Gasteiger partial charge in [0.05, 0.1) is 30.4 Å². The number of aromatic nitrogens is 8. The molecule has 24 nitrogen and oxygen atoms in total. The topological polar surface area (TPSA) is 292 Å². The van der Waals surface area contributed by atoms with Crippen LogP contribution in [0.25, 0.3) is 43.6 Å². The fraction of sp³-hybridized carbons (Fsp3) is 0.434. The minimum absolute atomic E-state index is 0.00703. The van der Waals surface area contributed by atoms with E-state index in [9.17, 15) is 43.2 Å². The van der Waals surface area contributed by atoms with Gasteiger partial charge in [-0.3, -0.25) is 4.79 Å².